The Kier molecular flexibility index (Phi) is 30.3. The Balaban J connectivity index is 3.92. The van der Waals surface area contributed by atoms with Gasteiger partial charge < -0.3 is 18.7 Å². The van der Waals surface area contributed by atoms with Crippen molar-refractivity contribution in [2.24, 2.45) is 0 Å². The van der Waals surface area contributed by atoms with E-state index in [1.165, 1.54) is 141 Å². The first-order chi connectivity index (χ1) is 19.9. The van der Waals surface area contributed by atoms with Crippen LogP contribution in [-0.4, -0.2) is 70.7 Å². The third-order valence-electron chi connectivity index (χ3n) is 7.83. The summed E-state index contributed by atoms with van der Waals surface area (Å²) in [5.74, 6) is -0.169. The molecule has 246 valence electrons. The SMILES string of the molecule is CCCCCCCCCCCCCCOCC(COC(=O)C[N+](C)(C)C)OCCCCCCCCCCCCCC. The van der Waals surface area contributed by atoms with Crippen LogP contribution in [0.2, 0.25) is 0 Å². The highest BCUT2D eigenvalue weighted by atomic mass is 16.6. The Bertz CT molecular complexity index is 534. The van der Waals surface area contributed by atoms with Crippen molar-refractivity contribution in [3.8, 4) is 0 Å². The molecule has 0 aliphatic rings. The average Bonchev–Trinajstić information content (AvgIpc) is 2.93. The standard InChI is InChI=1S/C36H74NO4/c1-6-8-10-12-14-16-18-20-22-24-26-28-30-39-33-35(34-41-36(38)32-37(3,4)5)40-31-29-27-25-23-21-19-17-15-13-11-9-7-2/h35H,6-34H2,1-5H3/q+1. The molecule has 0 rings (SSSR count). The predicted molar refractivity (Wildman–Crippen MR) is 177 cm³/mol. The summed E-state index contributed by atoms with van der Waals surface area (Å²) < 4.78 is 18.2. The fraction of sp³-hybridized carbons (Fsp3) is 0.972. The van der Waals surface area contributed by atoms with Crippen LogP contribution in [0.15, 0.2) is 0 Å². The number of hydrogen-bond donors (Lipinski definition) is 0. The lowest BCUT2D eigenvalue weighted by Gasteiger charge is -2.23. The zero-order valence-corrected chi connectivity index (χ0v) is 28.7. The molecule has 0 N–H and O–H groups in total. The maximum Gasteiger partial charge on any atom is 0.361 e. The summed E-state index contributed by atoms with van der Waals surface area (Å²) in [6, 6.07) is 0. The molecule has 0 saturated carbocycles. The fourth-order valence-electron chi connectivity index (χ4n) is 5.22. The Morgan fingerprint density at radius 2 is 0.878 bits per heavy atom. The largest absolute Gasteiger partial charge is 0.459 e. The minimum atomic E-state index is -0.170. The lowest BCUT2D eigenvalue weighted by Crippen LogP contribution is -2.41. The molecule has 0 aromatic heterocycles. The molecule has 0 radical (unpaired) electrons. The van der Waals surface area contributed by atoms with Gasteiger partial charge in [-0.1, -0.05) is 155 Å². The molecule has 1 unspecified atom stereocenters. The number of hydrogen-bond acceptors (Lipinski definition) is 4. The molecule has 0 bridgehead atoms. The lowest BCUT2D eigenvalue weighted by molar-refractivity contribution is -0.862. The van der Waals surface area contributed by atoms with E-state index in [9.17, 15) is 4.79 Å². The van der Waals surface area contributed by atoms with Crippen molar-refractivity contribution < 1.29 is 23.5 Å². The molecule has 5 nitrogen and oxygen atoms in total. The number of likely N-dealkylation sites (N-methyl/N-ethyl adjacent to an activating group) is 1. The number of nitrogens with zero attached hydrogens (tertiary/aromatic N) is 1. The smallest absolute Gasteiger partial charge is 0.361 e. The fourth-order valence-corrected chi connectivity index (χ4v) is 5.22. The maximum atomic E-state index is 12.2. The summed E-state index contributed by atoms with van der Waals surface area (Å²) in [5, 5.41) is 0. The number of ether oxygens (including phenoxy) is 3. The van der Waals surface area contributed by atoms with Gasteiger partial charge in [-0.2, -0.15) is 0 Å². The van der Waals surface area contributed by atoms with Crippen LogP contribution >= 0.6 is 0 Å². The monoisotopic (exact) mass is 585 g/mol. The van der Waals surface area contributed by atoms with Crippen LogP contribution in [0.1, 0.15) is 168 Å². The van der Waals surface area contributed by atoms with Gasteiger partial charge in [0.25, 0.3) is 0 Å². The van der Waals surface area contributed by atoms with E-state index in [0.29, 0.717) is 17.6 Å². The van der Waals surface area contributed by atoms with Gasteiger partial charge in [-0.15, -0.1) is 0 Å². The first kappa shape index (κ1) is 40.4. The normalized spacial score (nSPS) is 12.6. The number of unbranched alkanes of at least 4 members (excludes halogenated alkanes) is 22. The second-order valence-corrected chi connectivity index (χ2v) is 13.5. The molecule has 41 heavy (non-hydrogen) atoms. The second kappa shape index (κ2) is 30.8. The van der Waals surface area contributed by atoms with Crippen molar-refractivity contribution in [2.45, 2.75) is 174 Å². The van der Waals surface area contributed by atoms with E-state index in [-0.39, 0.29) is 18.7 Å². The zero-order chi connectivity index (χ0) is 30.3. The number of esters is 1. The summed E-state index contributed by atoms with van der Waals surface area (Å²) in [6.45, 7) is 7.21. The molecule has 0 aliphatic carbocycles. The molecular formula is C36H74NO4+. The van der Waals surface area contributed by atoms with Crippen molar-refractivity contribution in [2.75, 3.05) is 54.1 Å². The first-order valence-electron chi connectivity index (χ1n) is 18.0. The van der Waals surface area contributed by atoms with Crippen molar-refractivity contribution in [3.63, 3.8) is 0 Å². The number of carbonyl (C=O) groups excluding carboxylic acids is 1. The van der Waals surface area contributed by atoms with E-state index in [4.69, 9.17) is 14.2 Å². The summed E-state index contributed by atoms with van der Waals surface area (Å²) in [7, 11) is 6.00. The molecule has 0 aromatic rings. The van der Waals surface area contributed by atoms with Crippen molar-refractivity contribution >= 4 is 5.97 Å². The minimum absolute atomic E-state index is 0.169. The summed E-state index contributed by atoms with van der Waals surface area (Å²) in [5.41, 5.74) is 0. The van der Waals surface area contributed by atoms with Gasteiger partial charge in [0.05, 0.1) is 27.7 Å². The van der Waals surface area contributed by atoms with Crippen molar-refractivity contribution in [3.05, 3.63) is 0 Å². The summed E-state index contributed by atoms with van der Waals surface area (Å²) >= 11 is 0. The summed E-state index contributed by atoms with van der Waals surface area (Å²) in [6.07, 6.45) is 32.0. The zero-order valence-electron chi connectivity index (χ0n) is 28.7. The molecular weight excluding hydrogens is 510 g/mol. The van der Waals surface area contributed by atoms with Gasteiger partial charge in [-0.25, -0.2) is 4.79 Å². The van der Waals surface area contributed by atoms with Crippen LogP contribution in [-0.2, 0) is 19.0 Å². The first-order valence-corrected chi connectivity index (χ1v) is 18.0. The second-order valence-electron chi connectivity index (χ2n) is 13.5. The van der Waals surface area contributed by atoms with E-state index in [0.717, 1.165) is 26.1 Å². The van der Waals surface area contributed by atoms with Gasteiger partial charge in [0.2, 0.25) is 0 Å². The van der Waals surface area contributed by atoms with Crippen LogP contribution in [0, 0.1) is 0 Å². The lowest BCUT2D eigenvalue weighted by atomic mass is 10.1. The minimum Gasteiger partial charge on any atom is -0.459 e. The number of carbonyl (C=O) groups is 1. The van der Waals surface area contributed by atoms with Crippen LogP contribution < -0.4 is 0 Å². The average molecular weight is 585 g/mol. The van der Waals surface area contributed by atoms with Crippen molar-refractivity contribution in [1.82, 2.24) is 0 Å². The molecule has 0 saturated heterocycles. The van der Waals surface area contributed by atoms with E-state index in [1.54, 1.807) is 0 Å². The Morgan fingerprint density at radius 3 is 1.27 bits per heavy atom. The molecule has 0 aliphatic heterocycles. The highest BCUT2D eigenvalue weighted by Gasteiger charge is 2.18. The predicted octanol–water partition coefficient (Wildman–Crippen LogP) is 10.0. The van der Waals surface area contributed by atoms with Gasteiger partial charge in [0.1, 0.15) is 12.7 Å². The Labute approximate surface area is 257 Å². The van der Waals surface area contributed by atoms with E-state index in [1.807, 2.05) is 21.1 Å². The van der Waals surface area contributed by atoms with Crippen LogP contribution in [0.25, 0.3) is 0 Å². The van der Waals surface area contributed by atoms with Gasteiger partial charge in [-0.3, -0.25) is 0 Å². The van der Waals surface area contributed by atoms with E-state index in [2.05, 4.69) is 13.8 Å². The van der Waals surface area contributed by atoms with E-state index >= 15 is 0 Å². The van der Waals surface area contributed by atoms with E-state index < -0.39 is 0 Å². The van der Waals surface area contributed by atoms with Gasteiger partial charge in [0.15, 0.2) is 6.54 Å². The highest BCUT2D eigenvalue weighted by Crippen LogP contribution is 2.13. The van der Waals surface area contributed by atoms with Gasteiger partial charge in [0, 0.05) is 13.2 Å². The van der Waals surface area contributed by atoms with Crippen molar-refractivity contribution in [1.29, 1.82) is 0 Å². The maximum absolute atomic E-state index is 12.2. The summed E-state index contributed by atoms with van der Waals surface area (Å²) in [4.78, 5) is 12.2. The molecule has 0 fully saturated rings. The van der Waals surface area contributed by atoms with Gasteiger partial charge in [-0.05, 0) is 12.8 Å². The third-order valence-corrected chi connectivity index (χ3v) is 7.83. The van der Waals surface area contributed by atoms with Crippen LogP contribution in [0.5, 0.6) is 0 Å². The van der Waals surface area contributed by atoms with Gasteiger partial charge >= 0.3 is 5.97 Å². The molecule has 0 heterocycles. The molecule has 0 spiro atoms. The Morgan fingerprint density at radius 1 is 0.512 bits per heavy atom. The molecule has 0 aromatic carbocycles. The number of quaternary nitrogens is 1. The topological polar surface area (TPSA) is 44.8 Å². The van der Waals surface area contributed by atoms with Crippen LogP contribution in [0.4, 0.5) is 0 Å². The molecule has 0 amide bonds. The quantitative estimate of drug-likeness (QED) is 0.0437. The third kappa shape index (κ3) is 33.7. The number of rotatable bonds is 33. The Hall–Kier alpha value is -0.650. The highest BCUT2D eigenvalue weighted by molar-refractivity contribution is 5.70. The molecule has 5 heteroatoms. The van der Waals surface area contributed by atoms with Crippen LogP contribution in [0.3, 0.4) is 0 Å². The molecule has 1 atom stereocenters.